The quantitative estimate of drug-likeness (QED) is 0.674. The Bertz CT molecular complexity index is 1030. The minimum atomic E-state index is -4.50. The molecule has 0 radical (unpaired) electrons. The van der Waals surface area contributed by atoms with Gasteiger partial charge in [-0.25, -0.2) is 0 Å². The molecule has 1 aromatic carbocycles. The Morgan fingerprint density at radius 3 is 2.54 bits per heavy atom. The van der Waals surface area contributed by atoms with Crippen LogP contribution < -0.4 is 5.43 Å². The third-order valence-corrected chi connectivity index (χ3v) is 5.28. The van der Waals surface area contributed by atoms with Crippen LogP contribution in [0.25, 0.3) is 21.8 Å². The van der Waals surface area contributed by atoms with E-state index in [4.69, 9.17) is 4.74 Å². The molecule has 2 aromatic heterocycles. The van der Waals surface area contributed by atoms with Crippen molar-refractivity contribution >= 4 is 21.8 Å². The van der Waals surface area contributed by atoms with E-state index in [1.165, 1.54) is 18.3 Å². The number of nitrogens with one attached hydrogen (secondary N) is 1. The second-order valence-corrected chi connectivity index (χ2v) is 7.10. The molecule has 0 aliphatic carbocycles. The van der Waals surface area contributed by atoms with Crippen LogP contribution in [0.5, 0.6) is 0 Å². The molecule has 5 nitrogen and oxygen atoms in total. The summed E-state index contributed by atoms with van der Waals surface area (Å²) in [4.78, 5) is 16.5. The Labute approximate surface area is 159 Å². The number of aryl methyl sites for hydroxylation is 1. The molecule has 0 atom stereocenters. The molecule has 1 fully saturated rings. The van der Waals surface area contributed by atoms with Crippen LogP contribution in [-0.4, -0.2) is 47.3 Å². The van der Waals surface area contributed by atoms with Gasteiger partial charge in [-0.1, -0.05) is 0 Å². The first-order valence-corrected chi connectivity index (χ1v) is 9.46. The van der Waals surface area contributed by atoms with E-state index in [2.05, 4.69) is 9.88 Å². The Balaban J connectivity index is 1.68. The Morgan fingerprint density at radius 1 is 1.04 bits per heavy atom. The molecule has 0 saturated carbocycles. The zero-order valence-electron chi connectivity index (χ0n) is 15.4. The Morgan fingerprint density at radius 2 is 1.79 bits per heavy atom. The maximum Gasteiger partial charge on any atom is 0.433 e. The molecule has 1 N–H and O–H groups in total. The van der Waals surface area contributed by atoms with Crippen LogP contribution in [0, 0.1) is 0 Å². The second-order valence-electron chi connectivity index (χ2n) is 7.10. The predicted octanol–water partition coefficient (Wildman–Crippen LogP) is 3.61. The summed E-state index contributed by atoms with van der Waals surface area (Å²) in [7, 11) is 0. The van der Waals surface area contributed by atoms with E-state index in [0.717, 1.165) is 45.7 Å². The fourth-order valence-corrected chi connectivity index (χ4v) is 3.95. The number of unbranched alkanes of at least 4 members (excludes halogenated alkanes) is 1. The number of aromatic nitrogens is 2. The number of alkyl halides is 3. The van der Waals surface area contributed by atoms with Gasteiger partial charge in [0.1, 0.15) is 5.69 Å². The van der Waals surface area contributed by atoms with Crippen LogP contribution in [0.15, 0.2) is 35.3 Å². The molecule has 1 aliphatic rings. The van der Waals surface area contributed by atoms with E-state index >= 15 is 0 Å². The highest BCUT2D eigenvalue weighted by molar-refractivity contribution is 6.08. The first-order valence-electron chi connectivity index (χ1n) is 9.46. The van der Waals surface area contributed by atoms with Gasteiger partial charge in [0.15, 0.2) is 5.43 Å². The normalized spacial score (nSPS) is 16.2. The summed E-state index contributed by atoms with van der Waals surface area (Å²) in [6, 6.07) is 6.08. The molecule has 1 aliphatic heterocycles. The lowest BCUT2D eigenvalue weighted by Crippen LogP contribution is -2.36. The average Bonchev–Trinajstić information content (AvgIpc) is 2.98. The summed E-state index contributed by atoms with van der Waals surface area (Å²) in [5.41, 5.74) is -0.315. The van der Waals surface area contributed by atoms with Crippen LogP contribution >= 0.6 is 0 Å². The molecule has 0 bridgehead atoms. The van der Waals surface area contributed by atoms with Crippen molar-refractivity contribution in [2.75, 3.05) is 32.8 Å². The second kappa shape index (κ2) is 7.60. The highest BCUT2D eigenvalue weighted by atomic mass is 19.4. The fraction of sp³-hybridized carbons (Fsp3) is 0.450. The first kappa shape index (κ1) is 19.0. The molecule has 0 amide bonds. The van der Waals surface area contributed by atoms with Gasteiger partial charge in [0.2, 0.25) is 0 Å². The number of aromatic amines is 1. The first-order chi connectivity index (χ1) is 13.4. The van der Waals surface area contributed by atoms with Gasteiger partial charge in [-0.3, -0.25) is 9.69 Å². The van der Waals surface area contributed by atoms with Crippen molar-refractivity contribution in [3.8, 4) is 0 Å². The van der Waals surface area contributed by atoms with Gasteiger partial charge >= 0.3 is 6.18 Å². The van der Waals surface area contributed by atoms with E-state index < -0.39 is 11.9 Å². The number of H-pyrrole nitrogens is 1. The number of benzene rings is 1. The molecule has 150 valence electrons. The van der Waals surface area contributed by atoms with Crippen molar-refractivity contribution in [2.45, 2.75) is 25.6 Å². The number of nitrogens with zero attached hydrogens (tertiary/aromatic N) is 2. The number of fused-ring (bicyclic) bond motifs is 3. The third kappa shape index (κ3) is 3.66. The lowest BCUT2D eigenvalue weighted by molar-refractivity contribution is -0.140. The fourth-order valence-electron chi connectivity index (χ4n) is 3.95. The molecule has 4 rings (SSSR count). The summed E-state index contributed by atoms with van der Waals surface area (Å²) in [5, 5.41) is 1.18. The number of halogens is 3. The summed E-state index contributed by atoms with van der Waals surface area (Å²) < 4.78 is 47.8. The van der Waals surface area contributed by atoms with E-state index in [-0.39, 0.29) is 10.9 Å². The molecule has 0 spiro atoms. The lowest BCUT2D eigenvalue weighted by Gasteiger charge is -2.26. The van der Waals surface area contributed by atoms with Crippen molar-refractivity contribution in [1.29, 1.82) is 0 Å². The SMILES string of the molecule is O=c1ccc2c3cc[nH]c(C(F)(F)F)c3n(CCCCN3CCOCC3)c2c1. The highest BCUT2D eigenvalue weighted by Crippen LogP contribution is 2.37. The zero-order valence-corrected chi connectivity index (χ0v) is 15.4. The van der Waals surface area contributed by atoms with Gasteiger partial charge in [0.25, 0.3) is 0 Å². The van der Waals surface area contributed by atoms with Crippen molar-refractivity contribution < 1.29 is 17.9 Å². The summed E-state index contributed by atoms with van der Waals surface area (Å²) in [6.45, 7) is 4.55. The monoisotopic (exact) mass is 393 g/mol. The highest BCUT2D eigenvalue weighted by Gasteiger charge is 2.35. The molecule has 1 saturated heterocycles. The van der Waals surface area contributed by atoms with Crippen molar-refractivity contribution in [1.82, 2.24) is 14.5 Å². The van der Waals surface area contributed by atoms with E-state index in [0.29, 0.717) is 22.8 Å². The molecular formula is C20H22F3N3O2. The summed E-state index contributed by atoms with van der Waals surface area (Å²) in [6.07, 6.45) is -1.60. The van der Waals surface area contributed by atoms with Crippen LogP contribution in [0.1, 0.15) is 18.5 Å². The summed E-state index contributed by atoms with van der Waals surface area (Å²) >= 11 is 0. The van der Waals surface area contributed by atoms with Crippen LogP contribution in [0.4, 0.5) is 13.2 Å². The van der Waals surface area contributed by atoms with Crippen LogP contribution in [0.3, 0.4) is 0 Å². The number of ether oxygens (including phenoxy) is 1. The number of pyridine rings is 1. The molecule has 8 heteroatoms. The van der Waals surface area contributed by atoms with Gasteiger partial charge < -0.3 is 14.3 Å². The van der Waals surface area contributed by atoms with E-state index in [1.807, 2.05) is 0 Å². The lowest BCUT2D eigenvalue weighted by atomic mass is 10.1. The van der Waals surface area contributed by atoms with Crippen molar-refractivity contribution in [3.63, 3.8) is 0 Å². The minimum absolute atomic E-state index is 0.113. The van der Waals surface area contributed by atoms with Gasteiger partial charge in [-0.2, -0.15) is 13.2 Å². The number of hydrogen-bond acceptors (Lipinski definition) is 3. The van der Waals surface area contributed by atoms with Gasteiger partial charge in [0.05, 0.1) is 24.2 Å². The standard InChI is InChI=1S/C20H22F3N3O2/c21-20(22,23)19-18-16(5-6-24-19)15-4-3-14(27)13-17(15)26(18)8-2-1-7-25-9-11-28-12-10-25/h3-6,13,24H,1-2,7-12H2. The number of morpholine rings is 1. The summed E-state index contributed by atoms with van der Waals surface area (Å²) in [5.74, 6) is 0. The molecule has 3 aromatic rings. The molecule has 0 unspecified atom stereocenters. The van der Waals surface area contributed by atoms with E-state index in [9.17, 15) is 18.0 Å². The maximum atomic E-state index is 13.6. The zero-order chi connectivity index (χ0) is 19.7. The smallest absolute Gasteiger partial charge is 0.379 e. The Hall–Kier alpha value is -2.32. The van der Waals surface area contributed by atoms with Crippen LogP contribution in [-0.2, 0) is 17.5 Å². The van der Waals surface area contributed by atoms with Crippen molar-refractivity contribution in [3.05, 3.63) is 46.4 Å². The predicted molar refractivity (Wildman–Crippen MR) is 102 cm³/mol. The molecule has 28 heavy (non-hydrogen) atoms. The minimum Gasteiger partial charge on any atom is -0.379 e. The third-order valence-electron chi connectivity index (χ3n) is 5.28. The van der Waals surface area contributed by atoms with Crippen molar-refractivity contribution in [2.24, 2.45) is 0 Å². The largest absolute Gasteiger partial charge is 0.433 e. The molecular weight excluding hydrogens is 371 g/mol. The van der Waals surface area contributed by atoms with Gasteiger partial charge in [-0.15, -0.1) is 0 Å². The topological polar surface area (TPSA) is 50.3 Å². The average molecular weight is 393 g/mol. The van der Waals surface area contributed by atoms with E-state index in [1.54, 1.807) is 16.7 Å². The van der Waals surface area contributed by atoms with Gasteiger partial charge in [0, 0.05) is 42.7 Å². The number of hydrogen-bond donors (Lipinski definition) is 1. The maximum absolute atomic E-state index is 13.6. The number of rotatable bonds is 5. The Kier molecular flexibility index (Phi) is 5.16. The molecule has 3 heterocycles. The van der Waals surface area contributed by atoms with Gasteiger partial charge in [-0.05, 0) is 37.6 Å². The van der Waals surface area contributed by atoms with Crippen LogP contribution in [0.2, 0.25) is 0 Å².